The molecule has 21 nitrogen and oxygen atoms in total. The summed E-state index contributed by atoms with van der Waals surface area (Å²) in [6, 6.07) is 36.2. The molecule has 5 aliphatic carbocycles. The van der Waals surface area contributed by atoms with Crippen molar-refractivity contribution in [3.63, 3.8) is 0 Å². The average molecular weight is 1670 g/mol. The van der Waals surface area contributed by atoms with E-state index < -0.39 is 12.1 Å². The van der Waals surface area contributed by atoms with Gasteiger partial charge in [-0.25, -0.2) is 49.8 Å². The van der Waals surface area contributed by atoms with E-state index >= 15 is 0 Å². The number of nitrogens with zero attached hydrogens (tertiary/aromatic N) is 15. The molecule has 5 N–H and O–H groups in total. The Kier molecular flexibility index (Phi) is 26.9. The van der Waals surface area contributed by atoms with Gasteiger partial charge in [0.05, 0.1) is 52.6 Å². The third kappa shape index (κ3) is 20.1. The van der Waals surface area contributed by atoms with Crippen molar-refractivity contribution in [2.24, 2.45) is 41.4 Å². The third-order valence-corrected chi connectivity index (χ3v) is 26.6. The van der Waals surface area contributed by atoms with E-state index in [1.165, 1.54) is 104 Å². The molecular formula is C99H120F3N15O6. The van der Waals surface area contributed by atoms with Gasteiger partial charge in [0.1, 0.15) is 57.8 Å². The van der Waals surface area contributed by atoms with Crippen LogP contribution in [-0.4, -0.2) is 160 Å². The van der Waals surface area contributed by atoms with E-state index in [4.69, 9.17) is 44.6 Å². The number of alkyl halides is 3. The quantitative estimate of drug-likeness (QED) is 0.0853. The first-order valence-electron chi connectivity index (χ1n) is 45.4. The number of benzene rings is 5. The molecule has 0 spiro atoms. The summed E-state index contributed by atoms with van der Waals surface area (Å²) in [7, 11) is 0. The zero-order valence-corrected chi connectivity index (χ0v) is 72.3. The lowest BCUT2D eigenvalue weighted by Gasteiger charge is -2.34. The van der Waals surface area contributed by atoms with Gasteiger partial charge in [-0.1, -0.05) is 102 Å². The molecular weight excluding hydrogens is 1550 g/mol. The van der Waals surface area contributed by atoms with Gasteiger partial charge in [0.25, 0.3) is 0 Å². The highest BCUT2D eigenvalue weighted by Crippen LogP contribution is 2.45. The molecule has 0 saturated carbocycles. The second-order valence-corrected chi connectivity index (χ2v) is 36.3. The lowest BCUT2D eigenvalue weighted by Crippen LogP contribution is -2.38. The predicted molar refractivity (Wildman–Crippen MR) is 479 cm³/mol. The molecule has 5 saturated heterocycles. The van der Waals surface area contributed by atoms with Crippen LogP contribution in [0.25, 0.3) is 56.9 Å². The SMILES string of the molecule is CC1CCN(c2nc(-c3ccccc3O)nc3c2CC(C)CC3)CC1.CC1CCc2nc(-c3ccccc3O)nc(N3CCCC3)c2C1.CC1CCc2nc(-c3ccccc3O)nc(N3CCCCC3)c2C1.CC1CCc2nc(-c3ccccc3O)nc(N3CCOCC3)c2C1.C[C@@H]1CCc2c(nc(-c3ccccc3O)nc2N2CCC(C(F)(F)F)C2)C1. The maximum atomic E-state index is 13.1. The van der Waals surface area contributed by atoms with Crippen LogP contribution < -0.4 is 24.5 Å². The van der Waals surface area contributed by atoms with Crippen molar-refractivity contribution in [2.75, 3.05) is 103 Å². The van der Waals surface area contributed by atoms with Gasteiger partial charge in [-0.3, -0.25) is 0 Å². The Morgan fingerprint density at radius 3 is 0.886 bits per heavy atom. The summed E-state index contributed by atoms with van der Waals surface area (Å²) >= 11 is 0. The van der Waals surface area contributed by atoms with E-state index in [2.05, 4.69) is 71.1 Å². The van der Waals surface area contributed by atoms with Crippen molar-refractivity contribution in [2.45, 2.75) is 195 Å². The van der Waals surface area contributed by atoms with E-state index in [0.717, 1.165) is 205 Å². The fourth-order valence-electron chi connectivity index (χ4n) is 19.3. The molecule has 123 heavy (non-hydrogen) atoms. The molecule has 24 heteroatoms. The van der Waals surface area contributed by atoms with Crippen molar-refractivity contribution in [1.82, 2.24) is 49.8 Å². The molecule has 10 heterocycles. The number of morpholine rings is 1. The zero-order chi connectivity index (χ0) is 85.4. The number of rotatable bonds is 10. The predicted octanol–water partition coefficient (Wildman–Crippen LogP) is 18.9. The molecule has 0 bridgehead atoms. The molecule has 648 valence electrons. The smallest absolute Gasteiger partial charge is 0.393 e. The van der Waals surface area contributed by atoms with Gasteiger partial charge in [0.15, 0.2) is 29.1 Å². The Balaban J connectivity index is 0.000000114. The highest BCUT2D eigenvalue weighted by Gasteiger charge is 2.45. The Labute approximate surface area is 721 Å². The first-order valence-corrected chi connectivity index (χ1v) is 45.4. The molecule has 6 atom stereocenters. The molecule has 10 aromatic rings. The fraction of sp³-hybridized carbons (Fsp3) is 0.495. The number of fused-ring (bicyclic) bond motifs is 5. The third-order valence-electron chi connectivity index (χ3n) is 26.6. The average Bonchev–Trinajstić information content (AvgIpc) is 1.62. The van der Waals surface area contributed by atoms with Crippen molar-refractivity contribution in [3.8, 4) is 85.7 Å². The van der Waals surface area contributed by atoms with E-state index in [0.29, 0.717) is 82.2 Å². The number of para-hydroxylation sites is 5. The summed E-state index contributed by atoms with van der Waals surface area (Å²) in [5.41, 5.74) is 15.3. The van der Waals surface area contributed by atoms with Crippen LogP contribution in [0.3, 0.4) is 0 Å². The highest BCUT2D eigenvalue weighted by molar-refractivity contribution is 5.72. The van der Waals surface area contributed by atoms with Crippen LogP contribution in [-0.2, 0) is 68.9 Å². The number of aryl methyl sites for hydroxylation is 4. The maximum Gasteiger partial charge on any atom is 0.393 e. The standard InChI is InChI=1S/C21H27N3O.C20H22F3N3O.C20H25N3O.C19H23N3O2.C19H23N3O/c1-14-9-11-24(12-10-14)21-17-13-15(2)7-8-18(17)22-20(23-21)16-5-3-4-6-19(16)25;1-12-6-7-14-16(10-12)24-18(15-4-2-3-5-17(15)27)25-19(14)26-9-8-13(11-26)20(21,22)23;1-14-9-10-17-16(13-14)20(23-11-5-2-6-12-23)22-19(21-17)15-7-3-4-8-18(15)24;1-13-6-7-16-15(12-13)19(22-8-10-24-11-9-22)21-18(20-16)14-4-2-3-5-17(14)23;1-13-8-9-16-15(12-13)19(22-10-4-5-11-22)21-18(20-16)14-6-2-3-7-17(14)23/h3-6,14-15,25H,7-13H2,1-2H3;2-5,12-13,27H,6-11H2,1H3;3-4,7-8,14,24H,2,5-6,9-13H2,1H3;2-5,13,23H,6-12H2,1H3;2-3,6-7,13,23H,4-5,8-12H2,1H3/t;12-,13?;;;/m.1.../s1. The van der Waals surface area contributed by atoms with E-state index in [-0.39, 0.29) is 41.7 Å². The zero-order valence-electron chi connectivity index (χ0n) is 72.3. The first kappa shape index (κ1) is 85.8. The minimum Gasteiger partial charge on any atom is -0.507 e. The minimum absolute atomic E-state index is 0.0667. The topological polar surface area (TPSA) is 255 Å². The minimum atomic E-state index is -4.18. The number of phenolic OH excluding ortho intramolecular Hbond substituents is 5. The number of aromatic hydroxyl groups is 5. The summed E-state index contributed by atoms with van der Waals surface area (Å²) in [6.07, 6.45) is 20.1. The van der Waals surface area contributed by atoms with E-state index in [9.17, 15) is 38.7 Å². The Bertz CT molecular complexity index is 5210. The number of aromatic nitrogens is 10. The number of halogens is 3. The molecule has 5 aromatic carbocycles. The lowest BCUT2D eigenvalue weighted by molar-refractivity contribution is -0.168. The number of piperidine rings is 2. The van der Waals surface area contributed by atoms with Crippen LogP contribution in [0, 0.1) is 41.4 Å². The monoisotopic (exact) mass is 1670 g/mol. The molecule has 0 amide bonds. The Morgan fingerprint density at radius 2 is 0.561 bits per heavy atom. The normalized spacial score (nSPS) is 21.2. The molecule has 0 radical (unpaired) electrons. The summed E-state index contributed by atoms with van der Waals surface area (Å²) in [5, 5.41) is 51.0. The summed E-state index contributed by atoms with van der Waals surface area (Å²) in [5.74, 6) is 11.7. The van der Waals surface area contributed by atoms with Gasteiger partial charge >= 0.3 is 6.18 Å². The highest BCUT2D eigenvalue weighted by atomic mass is 19.4. The summed E-state index contributed by atoms with van der Waals surface area (Å²) in [6.45, 7) is 23.7. The molecule has 5 unspecified atom stereocenters. The number of anilines is 5. The maximum absolute atomic E-state index is 13.1. The number of phenols is 5. The summed E-state index contributed by atoms with van der Waals surface area (Å²) in [4.78, 5) is 59.6. The number of ether oxygens (including phenoxy) is 1. The van der Waals surface area contributed by atoms with E-state index in [1.807, 2.05) is 72.8 Å². The Morgan fingerprint density at radius 1 is 0.285 bits per heavy atom. The van der Waals surface area contributed by atoms with Gasteiger partial charge in [0, 0.05) is 116 Å². The second kappa shape index (κ2) is 38.6. The molecule has 10 aliphatic rings. The molecule has 5 fully saturated rings. The van der Waals surface area contributed by atoms with Crippen molar-refractivity contribution >= 4 is 29.1 Å². The van der Waals surface area contributed by atoms with Crippen LogP contribution in [0.5, 0.6) is 28.7 Å². The van der Waals surface area contributed by atoms with Gasteiger partial charge in [-0.05, 0) is 244 Å². The van der Waals surface area contributed by atoms with Gasteiger partial charge in [-0.15, -0.1) is 0 Å². The van der Waals surface area contributed by atoms with Gasteiger partial charge < -0.3 is 54.8 Å². The van der Waals surface area contributed by atoms with Crippen LogP contribution in [0.4, 0.5) is 42.3 Å². The van der Waals surface area contributed by atoms with Crippen LogP contribution in [0.2, 0.25) is 0 Å². The van der Waals surface area contributed by atoms with E-state index in [1.54, 1.807) is 53.4 Å². The largest absolute Gasteiger partial charge is 0.507 e. The first-order chi connectivity index (χ1) is 59.6. The van der Waals surface area contributed by atoms with Gasteiger partial charge in [-0.2, -0.15) is 13.2 Å². The van der Waals surface area contributed by atoms with Gasteiger partial charge in [0.2, 0.25) is 0 Å². The molecule has 5 aromatic heterocycles. The van der Waals surface area contributed by atoms with Crippen molar-refractivity contribution in [1.29, 1.82) is 0 Å². The van der Waals surface area contributed by atoms with Crippen molar-refractivity contribution in [3.05, 3.63) is 178 Å². The molecule has 20 rings (SSSR count). The number of hydrogen-bond donors (Lipinski definition) is 5. The van der Waals surface area contributed by atoms with Crippen LogP contribution >= 0.6 is 0 Å². The van der Waals surface area contributed by atoms with Crippen LogP contribution in [0.1, 0.15) is 181 Å². The molecule has 5 aliphatic heterocycles. The fourth-order valence-corrected chi connectivity index (χ4v) is 19.3. The lowest BCUT2D eigenvalue weighted by atomic mass is 9.87. The number of hydrogen-bond acceptors (Lipinski definition) is 21. The summed E-state index contributed by atoms with van der Waals surface area (Å²) < 4.78 is 44.9. The second-order valence-electron chi connectivity index (χ2n) is 36.3. The van der Waals surface area contributed by atoms with Crippen LogP contribution in [0.15, 0.2) is 121 Å². The van der Waals surface area contributed by atoms with Crippen molar-refractivity contribution < 1.29 is 43.4 Å². The Hall–Kier alpha value is -10.8.